The van der Waals surface area contributed by atoms with Crippen LogP contribution in [0.2, 0.25) is 0 Å². The molecule has 0 heterocycles. The van der Waals surface area contributed by atoms with Gasteiger partial charge in [-0.1, -0.05) is 6.07 Å². The number of likely N-dealkylation sites (N-methyl/N-ethyl adjacent to an activating group) is 1. The lowest BCUT2D eigenvalue weighted by Gasteiger charge is -2.25. The van der Waals surface area contributed by atoms with Gasteiger partial charge in [-0.25, -0.2) is 0 Å². The van der Waals surface area contributed by atoms with E-state index >= 15 is 0 Å². The Balaban J connectivity index is 2.76. The molecule has 0 aliphatic heterocycles. The minimum atomic E-state index is 0.138. The van der Waals surface area contributed by atoms with Crippen molar-refractivity contribution in [3.05, 3.63) is 28.2 Å². The van der Waals surface area contributed by atoms with Crippen LogP contribution in [-0.2, 0) is 11.3 Å². The summed E-state index contributed by atoms with van der Waals surface area (Å²) in [5, 5.41) is 3.51. The zero-order valence-corrected chi connectivity index (χ0v) is 14.9. The summed E-state index contributed by atoms with van der Waals surface area (Å²) in [4.78, 5) is 2.31. The Morgan fingerprint density at radius 3 is 2.50 bits per heavy atom. The van der Waals surface area contributed by atoms with Crippen molar-refractivity contribution in [3.63, 3.8) is 0 Å². The van der Waals surface area contributed by atoms with Crippen molar-refractivity contribution in [1.29, 1.82) is 0 Å². The highest BCUT2D eigenvalue weighted by Crippen LogP contribution is 2.27. The number of nitrogens with zero attached hydrogens (tertiary/aromatic N) is 1. The molecule has 0 spiro atoms. The van der Waals surface area contributed by atoms with Crippen LogP contribution in [0.15, 0.2) is 22.7 Å². The van der Waals surface area contributed by atoms with Crippen molar-refractivity contribution in [3.8, 4) is 0 Å². The maximum absolute atomic E-state index is 5.17. The summed E-state index contributed by atoms with van der Waals surface area (Å²) < 4.78 is 6.31. The molecule has 1 rings (SSSR count). The smallest absolute Gasteiger partial charge is 0.0637 e. The molecule has 0 atom stereocenters. The second kappa shape index (κ2) is 8.01. The van der Waals surface area contributed by atoms with Gasteiger partial charge >= 0.3 is 0 Å². The number of halogens is 1. The van der Waals surface area contributed by atoms with Crippen LogP contribution < -0.4 is 10.2 Å². The van der Waals surface area contributed by atoms with Gasteiger partial charge in [0, 0.05) is 36.8 Å². The van der Waals surface area contributed by atoms with Gasteiger partial charge in [0.1, 0.15) is 0 Å². The van der Waals surface area contributed by atoms with Gasteiger partial charge in [0.2, 0.25) is 0 Å². The molecule has 4 heteroatoms. The van der Waals surface area contributed by atoms with Gasteiger partial charge in [0.05, 0.1) is 12.3 Å². The lowest BCUT2D eigenvalue weighted by atomic mass is 10.1. The summed E-state index contributed by atoms with van der Waals surface area (Å²) in [5.41, 5.74) is 2.65. The molecule has 0 radical (unpaired) electrons. The van der Waals surface area contributed by atoms with Crippen LogP contribution in [-0.4, -0.2) is 32.3 Å². The summed E-state index contributed by atoms with van der Waals surface area (Å²) in [6.45, 7) is 12.2. The zero-order chi connectivity index (χ0) is 15.2. The highest BCUT2D eigenvalue weighted by Gasteiger charge is 2.11. The first kappa shape index (κ1) is 17.5. The predicted octanol–water partition coefficient (Wildman–Crippen LogP) is 3.81. The van der Waals surface area contributed by atoms with Crippen LogP contribution >= 0.6 is 15.9 Å². The first-order valence-electron chi connectivity index (χ1n) is 7.14. The van der Waals surface area contributed by atoms with E-state index in [4.69, 9.17) is 4.74 Å². The lowest BCUT2D eigenvalue weighted by Crippen LogP contribution is -2.35. The van der Waals surface area contributed by atoms with Crippen molar-refractivity contribution in [2.45, 2.75) is 39.8 Å². The van der Waals surface area contributed by atoms with Crippen molar-refractivity contribution >= 4 is 21.6 Å². The van der Waals surface area contributed by atoms with E-state index in [1.807, 2.05) is 0 Å². The van der Waals surface area contributed by atoms with E-state index in [9.17, 15) is 0 Å². The fraction of sp³-hybridized carbons (Fsp3) is 0.625. The van der Waals surface area contributed by atoms with Gasteiger partial charge < -0.3 is 15.0 Å². The number of hydrogen-bond donors (Lipinski definition) is 1. The molecular weight excluding hydrogens is 316 g/mol. The molecule has 0 saturated heterocycles. The van der Waals surface area contributed by atoms with Crippen LogP contribution in [0.5, 0.6) is 0 Å². The molecule has 1 aromatic carbocycles. The summed E-state index contributed by atoms with van der Waals surface area (Å²) in [6, 6.07) is 6.57. The second-order valence-corrected chi connectivity index (χ2v) is 6.82. The standard InChI is InChI=1S/C16H27BrN2O/c1-6-19(9-10-20-5)15-8-7-13(11-14(15)17)12-18-16(2,3)4/h7-8,11,18H,6,9-10,12H2,1-5H3. The second-order valence-electron chi connectivity index (χ2n) is 5.96. The quantitative estimate of drug-likeness (QED) is 0.815. The number of rotatable bonds is 7. The molecule has 0 unspecified atom stereocenters. The largest absolute Gasteiger partial charge is 0.383 e. The van der Waals surface area contributed by atoms with E-state index in [-0.39, 0.29) is 5.54 Å². The molecule has 0 aromatic heterocycles. The van der Waals surface area contributed by atoms with E-state index in [2.05, 4.69) is 72.0 Å². The molecule has 20 heavy (non-hydrogen) atoms. The predicted molar refractivity (Wildman–Crippen MR) is 90.5 cm³/mol. The fourth-order valence-electron chi connectivity index (χ4n) is 1.93. The highest BCUT2D eigenvalue weighted by atomic mass is 79.9. The van der Waals surface area contributed by atoms with Crippen LogP contribution in [0.4, 0.5) is 5.69 Å². The zero-order valence-electron chi connectivity index (χ0n) is 13.3. The molecule has 3 nitrogen and oxygen atoms in total. The Labute approximate surface area is 131 Å². The molecule has 0 bridgehead atoms. The third-order valence-corrected chi connectivity index (χ3v) is 3.76. The van der Waals surface area contributed by atoms with E-state index in [0.717, 1.165) is 30.7 Å². The third kappa shape index (κ3) is 5.81. The molecule has 1 N–H and O–H groups in total. The molecule has 0 amide bonds. The molecule has 0 saturated carbocycles. The number of hydrogen-bond acceptors (Lipinski definition) is 3. The fourth-order valence-corrected chi connectivity index (χ4v) is 2.61. The number of nitrogens with one attached hydrogen (secondary N) is 1. The Kier molecular flexibility index (Phi) is 7.00. The summed E-state index contributed by atoms with van der Waals surface area (Å²) in [7, 11) is 1.74. The molecule has 0 fully saturated rings. The Bertz CT molecular complexity index is 415. The van der Waals surface area contributed by atoms with Gasteiger partial charge in [0.15, 0.2) is 0 Å². The molecule has 0 aliphatic rings. The van der Waals surface area contributed by atoms with E-state index < -0.39 is 0 Å². The van der Waals surface area contributed by atoms with Crippen molar-refractivity contribution in [2.24, 2.45) is 0 Å². The monoisotopic (exact) mass is 342 g/mol. The Morgan fingerprint density at radius 2 is 2.00 bits per heavy atom. The summed E-state index contributed by atoms with van der Waals surface area (Å²) >= 11 is 3.69. The number of anilines is 1. The minimum absolute atomic E-state index is 0.138. The molecule has 1 aromatic rings. The van der Waals surface area contributed by atoms with Crippen molar-refractivity contribution in [2.75, 3.05) is 31.7 Å². The summed E-state index contributed by atoms with van der Waals surface area (Å²) in [5.74, 6) is 0. The normalized spacial score (nSPS) is 11.7. The van der Waals surface area contributed by atoms with Gasteiger partial charge in [0.25, 0.3) is 0 Å². The average Bonchev–Trinajstić information content (AvgIpc) is 2.38. The van der Waals surface area contributed by atoms with Gasteiger partial charge in [-0.15, -0.1) is 0 Å². The minimum Gasteiger partial charge on any atom is -0.383 e. The maximum Gasteiger partial charge on any atom is 0.0637 e. The first-order chi connectivity index (χ1) is 9.37. The highest BCUT2D eigenvalue weighted by molar-refractivity contribution is 9.10. The van der Waals surface area contributed by atoms with E-state index in [1.54, 1.807) is 7.11 Å². The average molecular weight is 343 g/mol. The molecular formula is C16H27BrN2O. The van der Waals surface area contributed by atoms with Crippen LogP contribution in [0.3, 0.4) is 0 Å². The molecule has 0 aliphatic carbocycles. The SMILES string of the molecule is CCN(CCOC)c1ccc(CNC(C)(C)C)cc1Br. The van der Waals surface area contributed by atoms with E-state index in [0.29, 0.717) is 0 Å². The van der Waals surface area contributed by atoms with Crippen LogP contribution in [0.1, 0.15) is 33.3 Å². The summed E-state index contributed by atoms with van der Waals surface area (Å²) in [6.07, 6.45) is 0. The number of ether oxygens (including phenoxy) is 1. The van der Waals surface area contributed by atoms with Crippen LogP contribution in [0, 0.1) is 0 Å². The van der Waals surface area contributed by atoms with E-state index in [1.165, 1.54) is 11.3 Å². The number of benzene rings is 1. The first-order valence-corrected chi connectivity index (χ1v) is 7.94. The topological polar surface area (TPSA) is 24.5 Å². The van der Waals surface area contributed by atoms with Crippen LogP contribution in [0.25, 0.3) is 0 Å². The Morgan fingerprint density at radius 1 is 1.30 bits per heavy atom. The molecule has 114 valence electrons. The maximum atomic E-state index is 5.17. The third-order valence-electron chi connectivity index (χ3n) is 3.12. The number of methoxy groups -OCH3 is 1. The van der Waals surface area contributed by atoms with Crippen molar-refractivity contribution < 1.29 is 4.74 Å². The lowest BCUT2D eigenvalue weighted by molar-refractivity contribution is 0.205. The Hall–Kier alpha value is -0.580. The van der Waals surface area contributed by atoms with Gasteiger partial charge in [-0.3, -0.25) is 0 Å². The van der Waals surface area contributed by atoms with Gasteiger partial charge in [-0.05, 0) is 61.3 Å². The van der Waals surface area contributed by atoms with Crippen molar-refractivity contribution in [1.82, 2.24) is 5.32 Å². The van der Waals surface area contributed by atoms with Gasteiger partial charge in [-0.2, -0.15) is 0 Å².